The summed E-state index contributed by atoms with van der Waals surface area (Å²) < 4.78 is 1.90. The number of fused-ring (bicyclic) bond motifs is 1. The molecule has 6 heteroatoms. The summed E-state index contributed by atoms with van der Waals surface area (Å²) in [4.78, 5) is 14.0. The fourth-order valence-electron chi connectivity index (χ4n) is 4.73. The molecule has 0 radical (unpaired) electrons. The normalized spacial score (nSPS) is 18.7. The average molecular weight is 402 g/mol. The number of piperidine rings is 1. The standard InChI is InChI=1S/C24H26N4O2/c29-24(30)18-9-6-10-19(15-18)28-23-20(12-13-25-23)22(26-28)21-11-4-5-14-27(21)16-17-7-2-1-3-8-17/h1-3,6-10,15,21,25H,4-5,11-14,16H2,(H,29,30). The van der Waals surface area contributed by atoms with Crippen molar-refractivity contribution in [1.29, 1.82) is 0 Å². The van der Waals surface area contributed by atoms with Crippen molar-refractivity contribution in [2.75, 3.05) is 18.4 Å². The van der Waals surface area contributed by atoms with Gasteiger partial charge in [0.25, 0.3) is 0 Å². The molecule has 0 spiro atoms. The van der Waals surface area contributed by atoms with E-state index in [0.717, 1.165) is 49.7 Å². The predicted molar refractivity (Wildman–Crippen MR) is 116 cm³/mol. The van der Waals surface area contributed by atoms with Gasteiger partial charge in [-0.3, -0.25) is 4.90 Å². The van der Waals surface area contributed by atoms with Gasteiger partial charge in [0.05, 0.1) is 23.0 Å². The first kappa shape index (κ1) is 18.9. The van der Waals surface area contributed by atoms with Crippen molar-refractivity contribution >= 4 is 11.8 Å². The maximum Gasteiger partial charge on any atom is 0.335 e. The summed E-state index contributed by atoms with van der Waals surface area (Å²) in [5.41, 5.74) is 4.82. The van der Waals surface area contributed by atoms with Crippen LogP contribution in [0.15, 0.2) is 54.6 Å². The molecule has 1 atom stereocenters. The van der Waals surface area contributed by atoms with Gasteiger partial charge in [-0.25, -0.2) is 9.48 Å². The number of carboxylic acid groups (broad SMARTS) is 1. The Morgan fingerprint density at radius 3 is 2.83 bits per heavy atom. The molecule has 2 aromatic carbocycles. The molecule has 1 saturated heterocycles. The lowest BCUT2D eigenvalue weighted by Crippen LogP contribution is -2.33. The van der Waals surface area contributed by atoms with Gasteiger partial charge in [0.1, 0.15) is 5.82 Å². The third kappa shape index (κ3) is 3.48. The summed E-state index contributed by atoms with van der Waals surface area (Å²) >= 11 is 0. The van der Waals surface area contributed by atoms with Crippen LogP contribution in [0, 0.1) is 0 Å². The van der Waals surface area contributed by atoms with Gasteiger partial charge in [-0.1, -0.05) is 42.8 Å². The Morgan fingerprint density at radius 1 is 1.13 bits per heavy atom. The van der Waals surface area contributed by atoms with E-state index in [4.69, 9.17) is 5.10 Å². The van der Waals surface area contributed by atoms with Crippen molar-refractivity contribution in [2.24, 2.45) is 0 Å². The minimum absolute atomic E-state index is 0.277. The number of carbonyl (C=O) groups is 1. The van der Waals surface area contributed by atoms with Crippen LogP contribution in [-0.2, 0) is 13.0 Å². The van der Waals surface area contributed by atoms with Crippen LogP contribution in [0.1, 0.15) is 52.5 Å². The number of benzene rings is 2. The van der Waals surface area contributed by atoms with Gasteiger partial charge >= 0.3 is 5.97 Å². The van der Waals surface area contributed by atoms with Crippen LogP contribution in [0.3, 0.4) is 0 Å². The SMILES string of the molecule is O=C(O)c1cccc(-n2nc(C3CCCCN3Cc3ccccc3)c3c2NCC3)c1. The van der Waals surface area contributed by atoms with Gasteiger partial charge in [0.2, 0.25) is 0 Å². The molecule has 0 amide bonds. The van der Waals surface area contributed by atoms with Crippen LogP contribution in [0.4, 0.5) is 5.82 Å². The zero-order valence-electron chi connectivity index (χ0n) is 16.9. The Hall–Kier alpha value is -3.12. The Kier molecular flexibility index (Phi) is 5.01. The first-order valence-corrected chi connectivity index (χ1v) is 10.7. The molecule has 2 aliphatic heterocycles. The van der Waals surface area contributed by atoms with Crippen LogP contribution < -0.4 is 5.32 Å². The van der Waals surface area contributed by atoms with Gasteiger partial charge in [0, 0.05) is 18.7 Å². The number of nitrogens with zero attached hydrogens (tertiary/aromatic N) is 3. The second kappa shape index (κ2) is 7.95. The predicted octanol–water partition coefficient (Wildman–Crippen LogP) is 4.27. The lowest BCUT2D eigenvalue weighted by atomic mass is 9.95. The summed E-state index contributed by atoms with van der Waals surface area (Å²) in [5.74, 6) is 0.0907. The van der Waals surface area contributed by atoms with Crippen molar-refractivity contribution in [3.63, 3.8) is 0 Å². The molecule has 2 N–H and O–H groups in total. The van der Waals surface area contributed by atoms with Crippen LogP contribution in [0.25, 0.3) is 5.69 Å². The van der Waals surface area contributed by atoms with E-state index in [0.29, 0.717) is 0 Å². The quantitative estimate of drug-likeness (QED) is 0.667. The second-order valence-electron chi connectivity index (χ2n) is 8.12. The number of hydrogen-bond acceptors (Lipinski definition) is 4. The van der Waals surface area contributed by atoms with E-state index in [1.807, 2.05) is 10.7 Å². The van der Waals surface area contributed by atoms with Crippen molar-refractivity contribution in [3.8, 4) is 5.69 Å². The smallest absolute Gasteiger partial charge is 0.335 e. The summed E-state index contributed by atoms with van der Waals surface area (Å²) in [5, 5.41) is 17.9. The molecule has 1 fully saturated rings. The topological polar surface area (TPSA) is 70.4 Å². The fourth-order valence-corrected chi connectivity index (χ4v) is 4.73. The Bertz CT molecular complexity index is 1060. The van der Waals surface area contributed by atoms with E-state index in [1.165, 1.54) is 24.0 Å². The first-order valence-electron chi connectivity index (χ1n) is 10.7. The van der Waals surface area contributed by atoms with E-state index in [2.05, 4.69) is 40.5 Å². The number of likely N-dealkylation sites (tertiary alicyclic amines) is 1. The highest BCUT2D eigenvalue weighted by Crippen LogP contribution is 2.38. The molecular weight excluding hydrogens is 376 g/mol. The molecule has 1 unspecified atom stereocenters. The molecule has 1 aromatic heterocycles. The molecule has 30 heavy (non-hydrogen) atoms. The highest BCUT2D eigenvalue weighted by atomic mass is 16.4. The molecule has 6 nitrogen and oxygen atoms in total. The maximum atomic E-state index is 11.4. The van der Waals surface area contributed by atoms with E-state index in [9.17, 15) is 9.90 Å². The monoisotopic (exact) mass is 402 g/mol. The zero-order valence-corrected chi connectivity index (χ0v) is 16.9. The molecule has 0 saturated carbocycles. The lowest BCUT2D eigenvalue weighted by molar-refractivity contribution is 0.0697. The van der Waals surface area contributed by atoms with Crippen molar-refractivity contribution < 1.29 is 9.90 Å². The Balaban J connectivity index is 1.52. The number of nitrogens with one attached hydrogen (secondary N) is 1. The van der Waals surface area contributed by atoms with E-state index < -0.39 is 5.97 Å². The highest BCUT2D eigenvalue weighted by molar-refractivity contribution is 5.88. The third-order valence-corrected chi connectivity index (χ3v) is 6.18. The van der Waals surface area contributed by atoms with Crippen molar-refractivity contribution in [3.05, 3.63) is 77.0 Å². The molecule has 0 aliphatic carbocycles. The van der Waals surface area contributed by atoms with Gasteiger partial charge in [0.15, 0.2) is 0 Å². The number of anilines is 1. The number of rotatable bonds is 5. The molecule has 2 aliphatic rings. The van der Waals surface area contributed by atoms with E-state index in [-0.39, 0.29) is 11.6 Å². The Labute approximate surface area is 176 Å². The average Bonchev–Trinajstić information content (AvgIpc) is 3.38. The van der Waals surface area contributed by atoms with Gasteiger partial charge in [-0.2, -0.15) is 5.10 Å². The minimum atomic E-state index is -0.921. The maximum absolute atomic E-state index is 11.4. The zero-order chi connectivity index (χ0) is 20.5. The Morgan fingerprint density at radius 2 is 2.00 bits per heavy atom. The van der Waals surface area contributed by atoms with Crippen LogP contribution >= 0.6 is 0 Å². The molecule has 154 valence electrons. The van der Waals surface area contributed by atoms with Crippen LogP contribution in [-0.4, -0.2) is 38.8 Å². The van der Waals surface area contributed by atoms with Gasteiger partial charge in [-0.15, -0.1) is 0 Å². The third-order valence-electron chi connectivity index (χ3n) is 6.18. The first-order chi connectivity index (χ1) is 14.7. The summed E-state index contributed by atoms with van der Waals surface area (Å²) in [6, 6.07) is 17.9. The highest BCUT2D eigenvalue weighted by Gasteiger charge is 2.32. The molecular formula is C24H26N4O2. The lowest BCUT2D eigenvalue weighted by Gasteiger charge is -2.35. The van der Waals surface area contributed by atoms with Crippen LogP contribution in [0.2, 0.25) is 0 Å². The number of hydrogen-bond donors (Lipinski definition) is 2. The molecule has 3 aromatic rings. The van der Waals surface area contributed by atoms with Crippen molar-refractivity contribution in [2.45, 2.75) is 38.3 Å². The van der Waals surface area contributed by atoms with Gasteiger partial charge in [-0.05, 0) is 49.6 Å². The van der Waals surface area contributed by atoms with Crippen molar-refractivity contribution in [1.82, 2.24) is 14.7 Å². The minimum Gasteiger partial charge on any atom is -0.478 e. The molecule has 5 rings (SSSR count). The summed E-state index contributed by atoms with van der Waals surface area (Å²) in [7, 11) is 0. The molecule has 0 bridgehead atoms. The summed E-state index contributed by atoms with van der Waals surface area (Å²) in [6.45, 7) is 2.89. The number of aromatic nitrogens is 2. The fraction of sp³-hybridized carbons (Fsp3) is 0.333. The number of carboxylic acids is 1. The summed E-state index contributed by atoms with van der Waals surface area (Å²) in [6.07, 6.45) is 4.48. The van der Waals surface area contributed by atoms with E-state index >= 15 is 0 Å². The molecule has 3 heterocycles. The van der Waals surface area contributed by atoms with Crippen LogP contribution in [0.5, 0.6) is 0 Å². The van der Waals surface area contributed by atoms with Gasteiger partial charge < -0.3 is 10.4 Å². The second-order valence-corrected chi connectivity index (χ2v) is 8.12. The number of aromatic carboxylic acids is 1. The largest absolute Gasteiger partial charge is 0.478 e. The van der Waals surface area contributed by atoms with E-state index in [1.54, 1.807) is 18.2 Å².